The number of benzene rings is 1. The predicted molar refractivity (Wildman–Crippen MR) is 102 cm³/mol. The molecule has 2 aromatic rings. The molecule has 0 bridgehead atoms. The Bertz CT molecular complexity index is 672. The lowest BCUT2D eigenvalue weighted by Crippen LogP contribution is -2.04. The molecule has 130 valence electrons. The van der Waals surface area contributed by atoms with Crippen LogP contribution in [0.5, 0.6) is 0 Å². The van der Waals surface area contributed by atoms with E-state index < -0.39 is 5.97 Å². The van der Waals surface area contributed by atoms with Gasteiger partial charge in [-0.2, -0.15) is 0 Å². The lowest BCUT2D eigenvalue weighted by molar-refractivity contribution is -0.138. The molecular formula is C21H28O2S. The molecule has 24 heavy (non-hydrogen) atoms. The van der Waals surface area contributed by atoms with Crippen LogP contribution in [0.25, 0.3) is 0 Å². The molecular weight excluding hydrogens is 316 g/mol. The molecule has 1 heterocycles. The van der Waals surface area contributed by atoms with Gasteiger partial charge in [-0.15, -0.1) is 11.3 Å². The van der Waals surface area contributed by atoms with Crippen molar-refractivity contribution in [3.05, 3.63) is 56.8 Å². The van der Waals surface area contributed by atoms with Crippen LogP contribution in [0, 0.1) is 19.8 Å². The summed E-state index contributed by atoms with van der Waals surface area (Å²) in [6.07, 6.45) is 5.66. The van der Waals surface area contributed by atoms with E-state index in [4.69, 9.17) is 5.11 Å². The molecule has 1 atom stereocenters. The second-order valence-electron chi connectivity index (χ2n) is 6.89. The van der Waals surface area contributed by atoms with Crippen LogP contribution >= 0.6 is 11.3 Å². The van der Waals surface area contributed by atoms with Gasteiger partial charge in [-0.1, -0.05) is 30.7 Å². The quantitative estimate of drug-likeness (QED) is 0.644. The highest BCUT2D eigenvalue weighted by Crippen LogP contribution is 2.23. The largest absolute Gasteiger partial charge is 0.481 e. The second-order valence-corrected chi connectivity index (χ2v) is 8.15. The van der Waals surface area contributed by atoms with Gasteiger partial charge in [0.05, 0.1) is 0 Å². The highest BCUT2D eigenvalue weighted by molar-refractivity contribution is 7.11. The summed E-state index contributed by atoms with van der Waals surface area (Å²) in [6.45, 7) is 6.36. The molecule has 0 aliphatic heterocycles. The third-order valence-electron chi connectivity index (χ3n) is 4.49. The first-order valence-electron chi connectivity index (χ1n) is 8.79. The number of aliphatic carboxylic acids is 1. The van der Waals surface area contributed by atoms with Crippen molar-refractivity contribution in [2.45, 2.75) is 59.3 Å². The first-order valence-corrected chi connectivity index (χ1v) is 9.61. The van der Waals surface area contributed by atoms with Crippen molar-refractivity contribution < 1.29 is 9.90 Å². The van der Waals surface area contributed by atoms with Crippen LogP contribution in [-0.2, 0) is 24.1 Å². The molecule has 2 nitrogen and oxygen atoms in total. The van der Waals surface area contributed by atoms with E-state index in [1.165, 1.54) is 32.9 Å². The van der Waals surface area contributed by atoms with Gasteiger partial charge in [0, 0.05) is 16.2 Å². The van der Waals surface area contributed by atoms with Gasteiger partial charge in [0.15, 0.2) is 0 Å². The number of aryl methyl sites for hydroxylation is 5. The first kappa shape index (κ1) is 18.7. The van der Waals surface area contributed by atoms with E-state index in [1.807, 2.05) is 18.3 Å². The van der Waals surface area contributed by atoms with Crippen molar-refractivity contribution >= 4 is 17.3 Å². The zero-order valence-corrected chi connectivity index (χ0v) is 15.8. The Balaban J connectivity index is 1.76. The Hall–Kier alpha value is -1.61. The summed E-state index contributed by atoms with van der Waals surface area (Å²) in [7, 11) is 0. The molecule has 0 aliphatic carbocycles. The van der Waals surface area contributed by atoms with Crippen LogP contribution in [0.4, 0.5) is 0 Å². The molecule has 0 spiro atoms. The van der Waals surface area contributed by atoms with E-state index in [2.05, 4.69) is 44.2 Å². The van der Waals surface area contributed by atoms with Crippen molar-refractivity contribution in [3.8, 4) is 0 Å². The zero-order valence-electron chi connectivity index (χ0n) is 15.0. The van der Waals surface area contributed by atoms with Crippen LogP contribution in [0.3, 0.4) is 0 Å². The minimum absolute atomic E-state index is 0.248. The lowest BCUT2D eigenvalue weighted by atomic mass is 10.0. The molecule has 0 fully saturated rings. The fourth-order valence-corrected chi connectivity index (χ4v) is 4.13. The summed E-state index contributed by atoms with van der Waals surface area (Å²) in [4.78, 5) is 13.5. The fraction of sp³-hybridized carbons (Fsp3) is 0.476. The van der Waals surface area contributed by atoms with Gasteiger partial charge < -0.3 is 5.11 Å². The number of carbonyl (C=O) groups is 1. The van der Waals surface area contributed by atoms with Gasteiger partial charge >= 0.3 is 5.97 Å². The van der Waals surface area contributed by atoms with Crippen LogP contribution < -0.4 is 0 Å². The standard InChI is InChI=1S/C21H28O2S/c1-15-7-9-18(17(3)13-15)5-4-6-19-11-12-20(24-19)10-8-16(2)14-21(22)23/h7,9,11-13,16H,4-6,8,10,14H2,1-3H3,(H,22,23). The summed E-state index contributed by atoms with van der Waals surface area (Å²) in [5.41, 5.74) is 4.19. The summed E-state index contributed by atoms with van der Waals surface area (Å²) >= 11 is 1.89. The number of rotatable bonds is 9. The number of carboxylic acids is 1. The van der Waals surface area contributed by atoms with E-state index in [0.29, 0.717) is 0 Å². The third kappa shape index (κ3) is 6.12. The normalized spacial score (nSPS) is 12.3. The van der Waals surface area contributed by atoms with Crippen molar-refractivity contribution in [1.82, 2.24) is 0 Å². The van der Waals surface area contributed by atoms with Crippen LogP contribution in [0.1, 0.15) is 52.6 Å². The molecule has 1 N–H and O–H groups in total. The number of hydrogen-bond donors (Lipinski definition) is 1. The smallest absolute Gasteiger partial charge is 0.303 e. The summed E-state index contributed by atoms with van der Waals surface area (Å²) in [5, 5.41) is 8.81. The maximum Gasteiger partial charge on any atom is 0.303 e. The Morgan fingerprint density at radius 1 is 1.08 bits per heavy atom. The lowest BCUT2D eigenvalue weighted by Gasteiger charge is -2.07. The van der Waals surface area contributed by atoms with Crippen LogP contribution in [0.2, 0.25) is 0 Å². The number of carboxylic acid groups (broad SMARTS) is 1. The van der Waals surface area contributed by atoms with Gasteiger partial charge in [-0.05, 0) is 75.1 Å². The van der Waals surface area contributed by atoms with Gasteiger partial charge in [-0.25, -0.2) is 0 Å². The molecule has 0 amide bonds. The van der Waals surface area contributed by atoms with Crippen LogP contribution in [-0.4, -0.2) is 11.1 Å². The fourth-order valence-electron chi connectivity index (χ4n) is 3.06. The Morgan fingerprint density at radius 3 is 2.46 bits per heavy atom. The second kappa shape index (κ2) is 9.03. The Kier molecular flexibility index (Phi) is 7.04. The highest BCUT2D eigenvalue weighted by Gasteiger charge is 2.09. The van der Waals surface area contributed by atoms with Crippen LogP contribution in [0.15, 0.2) is 30.3 Å². The molecule has 1 unspecified atom stereocenters. The molecule has 2 rings (SSSR count). The van der Waals surface area contributed by atoms with Gasteiger partial charge in [0.2, 0.25) is 0 Å². The van der Waals surface area contributed by atoms with Crippen molar-refractivity contribution in [2.24, 2.45) is 5.92 Å². The maximum absolute atomic E-state index is 10.7. The summed E-state index contributed by atoms with van der Waals surface area (Å²) in [6, 6.07) is 11.2. The third-order valence-corrected chi connectivity index (χ3v) is 5.70. The Morgan fingerprint density at radius 2 is 1.79 bits per heavy atom. The maximum atomic E-state index is 10.7. The average Bonchev–Trinajstić information content (AvgIpc) is 2.95. The van der Waals surface area contributed by atoms with E-state index in [0.717, 1.165) is 25.7 Å². The first-order chi connectivity index (χ1) is 11.4. The molecule has 0 aliphatic rings. The SMILES string of the molecule is Cc1ccc(CCCc2ccc(CCC(C)CC(=O)O)s2)c(C)c1. The van der Waals surface area contributed by atoms with Crippen molar-refractivity contribution in [1.29, 1.82) is 0 Å². The van der Waals surface area contributed by atoms with E-state index in [9.17, 15) is 4.79 Å². The summed E-state index contributed by atoms with van der Waals surface area (Å²) < 4.78 is 0. The molecule has 1 aromatic heterocycles. The topological polar surface area (TPSA) is 37.3 Å². The van der Waals surface area contributed by atoms with Crippen molar-refractivity contribution in [2.75, 3.05) is 0 Å². The van der Waals surface area contributed by atoms with Crippen molar-refractivity contribution in [3.63, 3.8) is 0 Å². The summed E-state index contributed by atoms with van der Waals surface area (Å²) in [5.74, 6) is -0.446. The molecule has 0 radical (unpaired) electrons. The van der Waals surface area contributed by atoms with Gasteiger partial charge in [0.1, 0.15) is 0 Å². The minimum Gasteiger partial charge on any atom is -0.481 e. The van der Waals surface area contributed by atoms with E-state index in [1.54, 1.807) is 0 Å². The molecule has 3 heteroatoms. The van der Waals surface area contributed by atoms with Gasteiger partial charge in [0.25, 0.3) is 0 Å². The minimum atomic E-state index is -0.694. The monoisotopic (exact) mass is 344 g/mol. The Labute approximate surface area is 149 Å². The molecule has 0 saturated carbocycles. The zero-order chi connectivity index (χ0) is 17.5. The highest BCUT2D eigenvalue weighted by atomic mass is 32.1. The predicted octanol–water partition coefficient (Wildman–Crippen LogP) is 5.58. The van der Waals surface area contributed by atoms with Gasteiger partial charge in [-0.3, -0.25) is 4.79 Å². The van der Waals surface area contributed by atoms with E-state index >= 15 is 0 Å². The van der Waals surface area contributed by atoms with E-state index in [-0.39, 0.29) is 12.3 Å². The molecule has 0 saturated heterocycles. The number of thiophene rings is 1. The molecule has 1 aromatic carbocycles. The number of hydrogen-bond acceptors (Lipinski definition) is 2. The average molecular weight is 345 g/mol.